The number of nitrogens with zero attached hydrogens (tertiary/aromatic N) is 2. The molecule has 1 N–H and O–H groups in total. The van der Waals surface area contributed by atoms with Crippen molar-refractivity contribution in [1.29, 1.82) is 0 Å². The lowest BCUT2D eigenvalue weighted by molar-refractivity contribution is -0.116. The second-order valence-electron chi connectivity index (χ2n) is 6.94. The molecule has 0 saturated carbocycles. The predicted molar refractivity (Wildman–Crippen MR) is 113 cm³/mol. The Morgan fingerprint density at radius 3 is 2.34 bits per heavy atom. The van der Waals surface area contributed by atoms with Gasteiger partial charge in [-0.3, -0.25) is 9.69 Å². The molecule has 2 rings (SSSR count). The predicted octanol–water partition coefficient (Wildman–Crippen LogP) is 3.75. The number of hydrogen-bond donors (Lipinski definition) is 1. The molecule has 0 saturated heterocycles. The summed E-state index contributed by atoms with van der Waals surface area (Å²) in [4.78, 5) is 14.4. The highest BCUT2D eigenvalue weighted by Gasteiger charge is 2.19. The Labute approximate surface area is 176 Å². The van der Waals surface area contributed by atoms with Crippen LogP contribution in [0.15, 0.2) is 47.4 Å². The summed E-state index contributed by atoms with van der Waals surface area (Å²) in [7, 11) is 1.10. The van der Waals surface area contributed by atoms with Crippen LogP contribution in [0.3, 0.4) is 0 Å². The molecule has 158 valence electrons. The van der Waals surface area contributed by atoms with Gasteiger partial charge in [0.05, 0.1) is 15.6 Å². The summed E-state index contributed by atoms with van der Waals surface area (Å²) in [6.07, 6.45) is 0.184. The van der Waals surface area contributed by atoms with E-state index >= 15 is 0 Å². The number of nitrogens with one attached hydrogen (secondary N) is 1. The number of carbonyl (C=O) groups is 1. The second kappa shape index (κ2) is 9.67. The maximum atomic E-state index is 13.1. The van der Waals surface area contributed by atoms with E-state index in [9.17, 15) is 17.6 Å². The smallest absolute Gasteiger partial charge is 0.242 e. The minimum absolute atomic E-state index is 0.000509. The van der Waals surface area contributed by atoms with Crippen LogP contribution >= 0.6 is 11.6 Å². The van der Waals surface area contributed by atoms with Gasteiger partial charge in [0.2, 0.25) is 15.9 Å². The Balaban J connectivity index is 2.01. The lowest BCUT2D eigenvalue weighted by atomic mass is 10.1. The van der Waals surface area contributed by atoms with E-state index in [1.54, 1.807) is 12.1 Å². The molecule has 6 nitrogen and oxygen atoms in total. The number of carbonyl (C=O) groups excluding carboxylic acids is 1. The summed E-state index contributed by atoms with van der Waals surface area (Å²) in [5.74, 6) is -0.581. The van der Waals surface area contributed by atoms with Gasteiger partial charge >= 0.3 is 0 Å². The maximum Gasteiger partial charge on any atom is 0.242 e. The third-order valence-corrected chi connectivity index (χ3v) is 6.84. The zero-order valence-electron chi connectivity index (χ0n) is 16.8. The van der Waals surface area contributed by atoms with E-state index < -0.39 is 10.0 Å². The van der Waals surface area contributed by atoms with E-state index in [1.165, 1.54) is 44.4 Å². The Bertz CT molecular complexity index is 965. The zero-order chi connectivity index (χ0) is 21.8. The molecule has 0 aliphatic rings. The summed E-state index contributed by atoms with van der Waals surface area (Å²) in [5, 5.41) is 2.93. The third-order valence-electron chi connectivity index (χ3n) is 4.70. The number of benzene rings is 2. The van der Waals surface area contributed by atoms with E-state index in [4.69, 9.17) is 11.6 Å². The summed E-state index contributed by atoms with van der Waals surface area (Å²) in [6, 6.07) is 10.4. The van der Waals surface area contributed by atoms with Crippen LogP contribution in [0, 0.1) is 5.82 Å². The highest BCUT2D eigenvalue weighted by atomic mass is 35.5. The van der Waals surface area contributed by atoms with E-state index in [1.807, 2.05) is 18.9 Å². The van der Waals surface area contributed by atoms with Gasteiger partial charge in [0.15, 0.2) is 0 Å². The van der Waals surface area contributed by atoms with Crippen molar-refractivity contribution in [2.24, 2.45) is 0 Å². The van der Waals surface area contributed by atoms with E-state index in [-0.39, 0.29) is 39.8 Å². The van der Waals surface area contributed by atoms with Gasteiger partial charge in [-0.05, 0) is 49.9 Å². The van der Waals surface area contributed by atoms with Crippen LogP contribution in [0.1, 0.15) is 24.9 Å². The van der Waals surface area contributed by atoms with Gasteiger partial charge in [-0.2, -0.15) is 0 Å². The molecule has 1 atom stereocenters. The molecule has 29 heavy (non-hydrogen) atoms. The molecule has 9 heteroatoms. The molecule has 0 aliphatic heterocycles. The van der Waals surface area contributed by atoms with Gasteiger partial charge in [-0.15, -0.1) is 0 Å². The molecular weight excluding hydrogens is 417 g/mol. The maximum absolute atomic E-state index is 13.1. The van der Waals surface area contributed by atoms with Crippen molar-refractivity contribution in [3.05, 3.63) is 58.9 Å². The Kier molecular flexibility index (Phi) is 7.76. The topological polar surface area (TPSA) is 69.7 Å². The van der Waals surface area contributed by atoms with Crippen LogP contribution < -0.4 is 5.32 Å². The Hall–Kier alpha value is -2.00. The number of hydrogen-bond acceptors (Lipinski definition) is 4. The summed E-state index contributed by atoms with van der Waals surface area (Å²) in [5.41, 5.74) is 1.19. The van der Waals surface area contributed by atoms with Gasteiger partial charge < -0.3 is 5.32 Å². The van der Waals surface area contributed by atoms with Crippen molar-refractivity contribution >= 4 is 33.2 Å². The van der Waals surface area contributed by atoms with Crippen molar-refractivity contribution in [2.45, 2.75) is 24.3 Å². The SMILES string of the molecule is CC(c1ccc(F)cc1)N(C)CCC(=O)Nc1cc(S(=O)(=O)N(C)C)ccc1Cl. The number of amides is 1. The quantitative estimate of drug-likeness (QED) is 0.677. The first-order valence-corrected chi connectivity index (χ1v) is 10.8. The van der Waals surface area contributed by atoms with Gasteiger partial charge in [-0.1, -0.05) is 23.7 Å². The standard InChI is InChI=1S/C20H25ClFN3O3S/c1-14(15-5-7-16(22)8-6-15)25(4)12-11-20(26)23-19-13-17(9-10-18(19)21)29(27,28)24(2)3/h5-10,13-14H,11-12H2,1-4H3,(H,23,26). The molecule has 0 radical (unpaired) electrons. The van der Waals surface area contributed by atoms with Crippen molar-refractivity contribution in [1.82, 2.24) is 9.21 Å². The first kappa shape index (κ1) is 23.3. The van der Waals surface area contributed by atoms with Crippen molar-refractivity contribution in [3.63, 3.8) is 0 Å². The molecule has 0 bridgehead atoms. The third kappa shape index (κ3) is 5.99. The number of halogens is 2. The lowest BCUT2D eigenvalue weighted by Crippen LogP contribution is -2.27. The normalized spacial score (nSPS) is 13.0. The highest BCUT2D eigenvalue weighted by Crippen LogP contribution is 2.26. The fraction of sp³-hybridized carbons (Fsp3) is 0.350. The number of anilines is 1. The number of rotatable bonds is 8. The van der Waals surface area contributed by atoms with Crippen molar-refractivity contribution < 1.29 is 17.6 Å². The van der Waals surface area contributed by atoms with E-state index in [0.29, 0.717) is 6.54 Å². The summed E-state index contributed by atoms with van der Waals surface area (Å²) in [6.45, 7) is 2.43. The molecule has 1 unspecified atom stereocenters. The fourth-order valence-electron chi connectivity index (χ4n) is 2.65. The van der Waals surface area contributed by atoms with Crippen LogP contribution in [-0.4, -0.2) is 51.2 Å². The van der Waals surface area contributed by atoms with Crippen LogP contribution in [0.2, 0.25) is 5.02 Å². The fourth-order valence-corrected chi connectivity index (χ4v) is 3.74. The van der Waals surface area contributed by atoms with Crippen molar-refractivity contribution in [3.8, 4) is 0 Å². The average molecular weight is 442 g/mol. The molecule has 0 spiro atoms. The van der Waals surface area contributed by atoms with Gasteiger partial charge in [-0.25, -0.2) is 17.1 Å². The average Bonchev–Trinajstić information content (AvgIpc) is 2.67. The summed E-state index contributed by atoms with van der Waals surface area (Å²) >= 11 is 6.11. The minimum atomic E-state index is -3.63. The summed E-state index contributed by atoms with van der Waals surface area (Å²) < 4.78 is 38.7. The van der Waals surface area contributed by atoms with E-state index in [0.717, 1.165) is 9.87 Å². The Morgan fingerprint density at radius 1 is 1.14 bits per heavy atom. The molecule has 1 amide bonds. The van der Waals surface area contributed by atoms with Crippen LogP contribution in [0.25, 0.3) is 0 Å². The minimum Gasteiger partial charge on any atom is -0.325 e. The van der Waals surface area contributed by atoms with Gasteiger partial charge in [0, 0.05) is 33.1 Å². The monoisotopic (exact) mass is 441 g/mol. The van der Waals surface area contributed by atoms with Gasteiger partial charge in [0.1, 0.15) is 5.82 Å². The molecule has 0 fully saturated rings. The molecule has 0 heterocycles. The molecule has 0 aliphatic carbocycles. The van der Waals surface area contributed by atoms with Crippen LogP contribution in [-0.2, 0) is 14.8 Å². The van der Waals surface area contributed by atoms with Crippen molar-refractivity contribution in [2.75, 3.05) is 33.0 Å². The second-order valence-corrected chi connectivity index (χ2v) is 9.49. The molecular formula is C20H25ClFN3O3S. The largest absolute Gasteiger partial charge is 0.325 e. The Morgan fingerprint density at radius 2 is 1.76 bits per heavy atom. The zero-order valence-corrected chi connectivity index (χ0v) is 18.4. The first-order valence-electron chi connectivity index (χ1n) is 9.00. The molecule has 2 aromatic rings. The highest BCUT2D eigenvalue weighted by molar-refractivity contribution is 7.89. The first-order chi connectivity index (χ1) is 13.5. The van der Waals surface area contributed by atoms with Gasteiger partial charge in [0.25, 0.3) is 0 Å². The lowest BCUT2D eigenvalue weighted by Gasteiger charge is -2.25. The molecule has 0 aromatic heterocycles. The molecule has 2 aromatic carbocycles. The number of sulfonamides is 1. The van der Waals surface area contributed by atoms with Crippen LogP contribution in [0.5, 0.6) is 0 Å². The van der Waals surface area contributed by atoms with E-state index in [2.05, 4.69) is 5.32 Å². The van der Waals surface area contributed by atoms with Crippen LogP contribution in [0.4, 0.5) is 10.1 Å².